The summed E-state index contributed by atoms with van der Waals surface area (Å²) in [6.07, 6.45) is -15.4. The summed E-state index contributed by atoms with van der Waals surface area (Å²) in [7, 11) is 1.53. The van der Waals surface area contributed by atoms with Crippen molar-refractivity contribution in [3.63, 3.8) is 0 Å². The number of hydrogen-bond acceptors (Lipinski definition) is 14. The lowest BCUT2D eigenvalue weighted by molar-refractivity contribution is -0.318. The number of aliphatic hydroxyl groups excluding tert-OH is 6. The molecule has 42 heavy (non-hydrogen) atoms. The first-order valence-electron chi connectivity index (χ1n) is 13.4. The topological polar surface area (TPSA) is 214 Å². The van der Waals surface area contributed by atoms with Crippen LogP contribution in [-0.2, 0) is 14.2 Å². The van der Waals surface area contributed by atoms with Crippen molar-refractivity contribution < 1.29 is 69.0 Å². The van der Waals surface area contributed by atoms with Gasteiger partial charge in [-0.05, 0) is 24.6 Å². The van der Waals surface area contributed by atoms with Crippen LogP contribution in [0, 0.1) is 0 Å². The third kappa shape index (κ3) is 5.90. The second kappa shape index (κ2) is 12.3. The molecule has 2 fully saturated rings. The smallest absolute Gasteiger partial charge is 0.229 e. The summed E-state index contributed by atoms with van der Waals surface area (Å²) in [6, 6.07) is 9.43. The summed E-state index contributed by atoms with van der Waals surface area (Å²) >= 11 is 0. The molecule has 14 nitrogen and oxygen atoms in total. The summed E-state index contributed by atoms with van der Waals surface area (Å²) in [5.74, 6) is -0.190. The molecule has 2 saturated heterocycles. The van der Waals surface area contributed by atoms with Gasteiger partial charge in [0.05, 0.1) is 26.2 Å². The quantitative estimate of drug-likeness (QED) is 0.208. The molecule has 2 aromatic carbocycles. The Bertz CT molecular complexity index is 1250. The standard InChI is InChI=1S/C28H34O14/c1-11-21(31)23(33)25(35)27(39-11)38-10-19-22(32)24(34)26(36)28(42-19)40-14-7-15(29)20-16(30)9-17(41-18(20)8-14)12-3-5-13(37-2)6-4-12/h3-8,11,17,19,21-29,31-36H,9-10H2,1-2H3/t11?,17?,19?,21-,22+,23-,24+,25?,26?,27+,28+/m0/s1. The third-order valence-electron chi connectivity index (χ3n) is 7.62. The molecule has 7 N–H and O–H groups in total. The van der Waals surface area contributed by atoms with Gasteiger partial charge in [-0.15, -0.1) is 0 Å². The molecule has 0 amide bonds. The van der Waals surface area contributed by atoms with Crippen LogP contribution in [0.5, 0.6) is 23.0 Å². The van der Waals surface area contributed by atoms with Gasteiger partial charge in [-0.25, -0.2) is 0 Å². The Morgan fingerprint density at radius 3 is 2.19 bits per heavy atom. The van der Waals surface area contributed by atoms with E-state index in [0.717, 1.165) is 6.07 Å². The minimum Gasteiger partial charge on any atom is -0.507 e. The number of aliphatic hydroxyl groups is 6. The number of phenolic OH excluding ortho intramolecular Hbond substituents is 1. The van der Waals surface area contributed by atoms with Crippen LogP contribution in [0.2, 0.25) is 0 Å². The molecule has 5 unspecified atom stereocenters. The number of carbonyl (C=O) groups is 1. The molecule has 0 saturated carbocycles. The highest BCUT2D eigenvalue weighted by atomic mass is 16.7. The van der Waals surface area contributed by atoms with E-state index in [-0.39, 0.29) is 29.3 Å². The van der Waals surface area contributed by atoms with Crippen LogP contribution in [0.25, 0.3) is 0 Å². The number of carbonyl (C=O) groups excluding carboxylic acids is 1. The largest absolute Gasteiger partial charge is 0.507 e. The normalized spacial score (nSPS) is 36.6. The SMILES string of the molecule is COc1ccc(C2CC(=O)c3c(O)cc(O[C@@H]4OC(CO[C@@H]5OC(C)[C@H](O)[C@H](O)C5O)[C@@H](O)[C@@H](O)C4O)cc3O2)cc1. The number of aromatic hydroxyl groups is 1. The highest BCUT2D eigenvalue weighted by molar-refractivity contribution is 6.02. The first kappa shape index (κ1) is 30.4. The van der Waals surface area contributed by atoms with Gasteiger partial charge in [0.25, 0.3) is 0 Å². The molecule has 5 rings (SSSR count). The summed E-state index contributed by atoms with van der Waals surface area (Å²) in [4.78, 5) is 12.9. The van der Waals surface area contributed by atoms with Crippen LogP contribution in [-0.4, -0.2) is 117 Å². The number of phenols is 1. The average Bonchev–Trinajstić information content (AvgIpc) is 2.97. The Balaban J connectivity index is 1.29. The van der Waals surface area contributed by atoms with E-state index in [2.05, 4.69) is 0 Å². The second-order valence-corrected chi connectivity index (χ2v) is 10.5. The minimum absolute atomic E-state index is 0.0164. The van der Waals surface area contributed by atoms with E-state index in [1.807, 2.05) is 0 Å². The number of fused-ring (bicyclic) bond motifs is 1. The molecule has 0 aliphatic carbocycles. The summed E-state index contributed by atoms with van der Waals surface area (Å²) in [5.41, 5.74) is 0.668. The lowest BCUT2D eigenvalue weighted by Gasteiger charge is -2.42. The molecule has 0 bridgehead atoms. The average molecular weight is 595 g/mol. The highest BCUT2D eigenvalue weighted by Gasteiger charge is 2.47. The van der Waals surface area contributed by atoms with E-state index in [9.17, 15) is 40.5 Å². The third-order valence-corrected chi connectivity index (χ3v) is 7.62. The van der Waals surface area contributed by atoms with Crippen molar-refractivity contribution in [1.82, 2.24) is 0 Å². The Morgan fingerprint density at radius 2 is 1.50 bits per heavy atom. The highest BCUT2D eigenvalue weighted by Crippen LogP contribution is 2.42. The Kier molecular flexibility index (Phi) is 8.89. The van der Waals surface area contributed by atoms with Crippen LogP contribution in [0.1, 0.15) is 35.4 Å². The number of methoxy groups -OCH3 is 1. The molecule has 0 aromatic heterocycles. The molecule has 3 aliphatic rings. The van der Waals surface area contributed by atoms with Gasteiger partial charge < -0.3 is 64.2 Å². The van der Waals surface area contributed by atoms with Crippen molar-refractivity contribution in [2.45, 2.75) is 80.9 Å². The summed E-state index contributed by atoms with van der Waals surface area (Å²) < 4.78 is 33.4. The van der Waals surface area contributed by atoms with Crippen molar-refractivity contribution >= 4 is 5.78 Å². The lowest BCUT2D eigenvalue weighted by Crippen LogP contribution is -2.61. The molecule has 2 aromatic rings. The van der Waals surface area contributed by atoms with Crippen LogP contribution in [0.3, 0.4) is 0 Å². The van der Waals surface area contributed by atoms with Gasteiger partial charge in [0.2, 0.25) is 6.29 Å². The monoisotopic (exact) mass is 594 g/mol. The molecule has 14 heteroatoms. The van der Waals surface area contributed by atoms with Crippen LogP contribution in [0.4, 0.5) is 0 Å². The van der Waals surface area contributed by atoms with Crippen molar-refractivity contribution in [2.24, 2.45) is 0 Å². The van der Waals surface area contributed by atoms with Gasteiger partial charge in [0.1, 0.15) is 77.4 Å². The predicted molar refractivity (Wildman–Crippen MR) is 139 cm³/mol. The van der Waals surface area contributed by atoms with Gasteiger partial charge in [0, 0.05) is 12.1 Å². The summed E-state index contributed by atoms with van der Waals surface area (Å²) in [5, 5.41) is 72.1. The van der Waals surface area contributed by atoms with E-state index in [1.165, 1.54) is 20.1 Å². The van der Waals surface area contributed by atoms with E-state index in [4.69, 9.17) is 28.4 Å². The number of benzene rings is 2. The number of ether oxygens (including phenoxy) is 6. The fourth-order valence-corrected chi connectivity index (χ4v) is 5.11. The first-order valence-corrected chi connectivity index (χ1v) is 13.4. The Morgan fingerprint density at radius 1 is 0.833 bits per heavy atom. The van der Waals surface area contributed by atoms with Crippen LogP contribution < -0.4 is 14.2 Å². The molecular weight excluding hydrogens is 560 g/mol. The van der Waals surface area contributed by atoms with Gasteiger partial charge in [0.15, 0.2) is 12.1 Å². The Hall–Kier alpha value is -3.05. The predicted octanol–water partition coefficient (Wildman–Crippen LogP) is -0.862. The molecule has 0 radical (unpaired) electrons. The zero-order chi connectivity index (χ0) is 30.3. The molecular formula is C28H34O14. The minimum atomic E-state index is -1.75. The molecule has 230 valence electrons. The van der Waals surface area contributed by atoms with E-state index in [1.54, 1.807) is 24.3 Å². The lowest BCUT2D eigenvalue weighted by atomic mass is 9.95. The maximum Gasteiger partial charge on any atom is 0.229 e. The van der Waals surface area contributed by atoms with E-state index < -0.39 is 79.9 Å². The van der Waals surface area contributed by atoms with Crippen molar-refractivity contribution in [3.05, 3.63) is 47.5 Å². The number of Topliss-reactive ketones (excluding diaryl/α,β-unsaturated/α-hetero) is 1. The first-order chi connectivity index (χ1) is 20.0. The van der Waals surface area contributed by atoms with Gasteiger partial charge in [-0.1, -0.05) is 12.1 Å². The molecule has 11 atom stereocenters. The van der Waals surface area contributed by atoms with E-state index in [0.29, 0.717) is 11.3 Å². The maximum absolute atomic E-state index is 12.9. The van der Waals surface area contributed by atoms with Crippen LogP contribution in [0.15, 0.2) is 36.4 Å². The van der Waals surface area contributed by atoms with Gasteiger partial charge in [-0.2, -0.15) is 0 Å². The maximum atomic E-state index is 12.9. The fourth-order valence-electron chi connectivity index (χ4n) is 5.11. The number of ketones is 1. The van der Waals surface area contributed by atoms with Crippen molar-refractivity contribution in [2.75, 3.05) is 13.7 Å². The second-order valence-electron chi connectivity index (χ2n) is 10.5. The fraction of sp³-hybridized carbons (Fsp3) is 0.536. The Labute approximate surface area is 240 Å². The number of hydrogen-bond donors (Lipinski definition) is 7. The molecule has 0 spiro atoms. The molecule has 3 aliphatic heterocycles. The molecule has 3 heterocycles. The number of rotatable bonds is 7. The van der Waals surface area contributed by atoms with Gasteiger partial charge in [-0.3, -0.25) is 4.79 Å². The van der Waals surface area contributed by atoms with Gasteiger partial charge >= 0.3 is 0 Å². The van der Waals surface area contributed by atoms with Crippen molar-refractivity contribution in [1.29, 1.82) is 0 Å². The summed E-state index contributed by atoms with van der Waals surface area (Å²) in [6.45, 7) is 0.995. The zero-order valence-corrected chi connectivity index (χ0v) is 22.7. The van der Waals surface area contributed by atoms with Crippen molar-refractivity contribution in [3.8, 4) is 23.0 Å². The van der Waals surface area contributed by atoms with Crippen LogP contribution >= 0.6 is 0 Å². The van der Waals surface area contributed by atoms with E-state index >= 15 is 0 Å². The zero-order valence-electron chi connectivity index (χ0n) is 22.7.